The first kappa shape index (κ1) is 16.0. The largest absolute Gasteiger partial charge is 0.433 e. The Hall–Kier alpha value is -3.20. The highest BCUT2D eigenvalue weighted by Crippen LogP contribution is 2.34. The van der Waals surface area contributed by atoms with E-state index in [1.807, 2.05) is 29.6 Å². The van der Waals surface area contributed by atoms with E-state index >= 15 is 0 Å². The van der Waals surface area contributed by atoms with Crippen LogP contribution < -0.4 is 0 Å². The summed E-state index contributed by atoms with van der Waals surface area (Å²) in [6, 6.07) is 11.5. The number of imidazole rings is 1. The molecule has 9 heteroatoms. The first-order chi connectivity index (χ1) is 13.0. The van der Waals surface area contributed by atoms with E-state index < -0.39 is 11.9 Å². The molecule has 0 spiro atoms. The molecule has 1 aromatic carbocycles. The van der Waals surface area contributed by atoms with Gasteiger partial charge in [0.25, 0.3) is 0 Å². The molecule has 0 amide bonds. The Bertz CT molecular complexity index is 1270. The third kappa shape index (κ3) is 2.58. The number of alkyl halides is 3. The molecular weight excluding hydrogens is 375 g/mol. The maximum absolute atomic E-state index is 13.2. The maximum Gasteiger partial charge on any atom is 0.433 e. The third-order valence-corrected chi connectivity index (χ3v) is 5.08. The van der Waals surface area contributed by atoms with Gasteiger partial charge in [-0.1, -0.05) is 6.07 Å². The highest BCUT2D eigenvalue weighted by molar-refractivity contribution is 7.13. The summed E-state index contributed by atoms with van der Waals surface area (Å²) >= 11 is 1.46. The van der Waals surface area contributed by atoms with Gasteiger partial charge in [-0.05, 0) is 41.8 Å². The van der Waals surface area contributed by atoms with Crippen molar-refractivity contribution in [2.24, 2.45) is 0 Å². The molecule has 0 saturated heterocycles. The lowest BCUT2D eigenvalue weighted by molar-refractivity contribution is -0.141. The van der Waals surface area contributed by atoms with Crippen LogP contribution >= 0.6 is 11.3 Å². The zero-order chi connectivity index (χ0) is 18.6. The van der Waals surface area contributed by atoms with E-state index in [2.05, 4.69) is 20.2 Å². The van der Waals surface area contributed by atoms with Crippen molar-refractivity contribution >= 4 is 33.4 Å². The summed E-state index contributed by atoms with van der Waals surface area (Å²) in [6.45, 7) is 0. The van der Waals surface area contributed by atoms with Crippen LogP contribution in [0.25, 0.3) is 38.5 Å². The monoisotopic (exact) mass is 385 g/mol. The standard InChI is InChI=1S/C18H10F3N5S/c19-18(20,21)15-6-5-13-16(24-15)26(17(23-13)14-2-1-7-27-14)11-3-4-12-10(8-11)9-22-25-12/h1-9H,(H,22,25). The van der Waals surface area contributed by atoms with E-state index in [-0.39, 0.29) is 5.65 Å². The van der Waals surface area contributed by atoms with Gasteiger partial charge in [-0.15, -0.1) is 11.3 Å². The fourth-order valence-electron chi connectivity index (χ4n) is 3.00. The highest BCUT2D eigenvalue weighted by atomic mass is 32.1. The zero-order valence-electron chi connectivity index (χ0n) is 13.5. The van der Waals surface area contributed by atoms with E-state index in [4.69, 9.17) is 0 Å². The predicted octanol–water partition coefficient (Wildman–Crippen LogP) is 5.04. The average molecular weight is 385 g/mol. The fraction of sp³-hybridized carbons (Fsp3) is 0.0556. The summed E-state index contributed by atoms with van der Waals surface area (Å²) in [5.74, 6) is 0.551. The van der Waals surface area contributed by atoms with Crippen LogP contribution in [0.5, 0.6) is 0 Å². The molecule has 0 saturated carbocycles. The molecule has 0 radical (unpaired) electrons. The second-order valence-corrected chi connectivity index (χ2v) is 6.87. The lowest BCUT2D eigenvalue weighted by Gasteiger charge is -2.10. The van der Waals surface area contributed by atoms with Crippen LogP contribution in [-0.2, 0) is 6.18 Å². The molecule has 0 aliphatic carbocycles. The number of nitrogens with zero attached hydrogens (tertiary/aromatic N) is 4. The SMILES string of the molecule is FC(F)(F)c1ccc2nc(-c3cccs3)n(-c3ccc4[nH]ncc4c3)c2n1. The Kier molecular flexibility index (Phi) is 3.35. The molecule has 27 heavy (non-hydrogen) atoms. The van der Waals surface area contributed by atoms with Gasteiger partial charge in [0.15, 0.2) is 11.5 Å². The second kappa shape index (κ2) is 5.65. The number of rotatable bonds is 2. The van der Waals surface area contributed by atoms with Crippen LogP contribution in [0.2, 0.25) is 0 Å². The molecule has 5 aromatic rings. The molecule has 1 N–H and O–H groups in total. The van der Waals surface area contributed by atoms with Gasteiger partial charge in [0.1, 0.15) is 11.2 Å². The van der Waals surface area contributed by atoms with Crippen LogP contribution in [0, 0.1) is 0 Å². The molecule has 0 aliphatic heterocycles. The quantitative estimate of drug-likeness (QED) is 0.463. The Labute approximate surface area is 154 Å². The minimum Gasteiger partial charge on any atom is -0.278 e. The van der Waals surface area contributed by atoms with Crippen molar-refractivity contribution in [2.75, 3.05) is 0 Å². The summed E-state index contributed by atoms with van der Waals surface area (Å²) in [7, 11) is 0. The van der Waals surface area contributed by atoms with Gasteiger partial charge >= 0.3 is 6.18 Å². The van der Waals surface area contributed by atoms with E-state index in [9.17, 15) is 13.2 Å². The van der Waals surface area contributed by atoms with Crippen LogP contribution in [-0.4, -0.2) is 24.7 Å². The number of pyridine rings is 1. The number of H-pyrrole nitrogens is 1. The Morgan fingerprint density at radius 3 is 2.70 bits per heavy atom. The number of nitrogens with one attached hydrogen (secondary N) is 1. The molecule has 5 nitrogen and oxygen atoms in total. The van der Waals surface area contributed by atoms with Crippen molar-refractivity contribution in [1.82, 2.24) is 24.7 Å². The molecule has 0 fully saturated rings. The van der Waals surface area contributed by atoms with Crippen molar-refractivity contribution in [3.63, 3.8) is 0 Å². The van der Waals surface area contributed by atoms with Crippen LogP contribution in [0.15, 0.2) is 54.0 Å². The van der Waals surface area contributed by atoms with Gasteiger partial charge in [-0.25, -0.2) is 9.97 Å². The number of hydrogen-bond donors (Lipinski definition) is 1. The molecular formula is C18H10F3N5S. The summed E-state index contributed by atoms with van der Waals surface area (Å²) in [4.78, 5) is 9.26. The number of thiophene rings is 1. The minimum absolute atomic E-state index is 0.163. The molecule has 134 valence electrons. The summed E-state index contributed by atoms with van der Waals surface area (Å²) in [6.07, 6.45) is -2.86. The van der Waals surface area contributed by atoms with Gasteiger partial charge in [-0.2, -0.15) is 18.3 Å². The van der Waals surface area contributed by atoms with Gasteiger partial charge in [0.2, 0.25) is 0 Å². The van der Waals surface area contributed by atoms with E-state index in [1.54, 1.807) is 16.8 Å². The average Bonchev–Trinajstić information content (AvgIpc) is 3.37. The lowest BCUT2D eigenvalue weighted by Crippen LogP contribution is -2.08. The number of aromatic nitrogens is 5. The first-order valence-electron chi connectivity index (χ1n) is 7.95. The molecule has 0 unspecified atom stereocenters. The number of benzene rings is 1. The molecule has 4 heterocycles. The molecule has 0 bridgehead atoms. The highest BCUT2D eigenvalue weighted by Gasteiger charge is 2.33. The molecule has 0 aliphatic rings. The van der Waals surface area contributed by atoms with Crippen molar-refractivity contribution in [2.45, 2.75) is 6.18 Å². The summed E-state index contributed by atoms with van der Waals surface area (Å²) < 4.78 is 41.2. The Morgan fingerprint density at radius 2 is 1.93 bits per heavy atom. The summed E-state index contributed by atoms with van der Waals surface area (Å²) in [5, 5.41) is 9.60. The van der Waals surface area contributed by atoms with E-state index in [0.29, 0.717) is 17.0 Å². The molecule has 4 aromatic heterocycles. The third-order valence-electron chi connectivity index (χ3n) is 4.22. The fourth-order valence-corrected chi connectivity index (χ4v) is 3.70. The molecule has 5 rings (SSSR count). The smallest absolute Gasteiger partial charge is 0.278 e. The zero-order valence-corrected chi connectivity index (χ0v) is 14.3. The van der Waals surface area contributed by atoms with E-state index in [1.165, 1.54) is 17.4 Å². The van der Waals surface area contributed by atoms with Gasteiger partial charge in [0, 0.05) is 5.39 Å². The van der Waals surface area contributed by atoms with Crippen LogP contribution in [0.4, 0.5) is 13.2 Å². The number of fused-ring (bicyclic) bond motifs is 2. The maximum atomic E-state index is 13.2. The topological polar surface area (TPSA) is 59.4 Å². The van der Waals surface area contributed by atoms with E-state index in [0.717, 1.165) is 21.8 Å². The van der Waals surface area contributed by atoms with Crippen molar-refractivity contribution in [1.29, 1.82) is 0 Å². The van der Waals surface area contributed by atoms with Crippen molar-refractivity contribution in [3.05, 3.63) is 59.7 Å². The molecule has 0 atom stereocenters. The normalized spacial score (nSPS) is 12.3. The predicted molar refractivity (Wildman–Crippen MR) is 96.8 cm³/mol. The van der Waals surface area contributed by atoms with Crippen LogP contribution in [0.3, 0.4) is 0 Å². The van der Waals surface area contributed by atoms with Crippen molar-refractivity contribution < 1.29 is 13.2 Å². The van der Waals surface area contributed by atoms with Gasteiger partial charge < -0.3 is 0 Å². The minimum atomic E-state index is -4.53. The number of aromatic amines is 1. The van der Waals surface area contributed by atoms with Gasteiger partial charge in [-0.3, -0.25) is 9.67 Å². The van der Waals surface area contributed by atoms with Crippen molar-refractivity contribution in [3.8, 4) is 16.4 Å². The Morgan fingerprint density at radius 1 is 1.04 bits per heavy atom. The first-order valence-corrected chi connectivity index (χ1v) is 8.83. The number of halogens is 3. The van der Waals surface area contributed by atoms with Gasteiger partial charge in [0.05, 0.1) is 22.3 Å². The Balaban J connectivity index is 1.84. The lowest BCUT2D eigenvalue weighted by atomic mass is 10.2. The number of hydrogen-bond acceptors (Lipinski definition) is 4. The summed E-state index contributed by atoms with van der Waals surface area (Å²) in [5.41, 5.74) is 1.12. The van der Waals surface area contributed by atoms with Crippen LogP contribution in [0.1, 0.15) is 5.69 Å². The second-order valence-electron chi connectivity index (χ2n) is 5.93.